The Hall–Kier alpha value is -0.950. The SMILES string of the molecule is CCC/C=C/CCCCC[C@](O)(CO)[C@H](CO)NC(=O)[C@@H](O)CCCCCCCCCCCCCCCCCCCCCCCCCCC. The topological polar surface area (TPSA) is 110 Å². The summed E-state index contributed by atoms with van der Waals surface area (Å²) in [6.07, 6.45) is 43.2. The van der Waals surface area contributed by atoms with Crippen LogP contribution in [-0.2, 0) is 4.79 Å². The second-order valence-electron chi connectivity index (χ2n) is 15.2. The van der Waals surface area contributed by atoms with E-state index in [0.29, 0.717) is 12.8 Å². The number of rotatable bonds is 39. The number of carbonyl (C=O) groups is 1. The molecule has 49 heavy (non-hydrogen) atoms. The fraction of sp³-hybridized carbons (Fsp3) is 0.930. The largest absolute Gasteiger partial charge is 0.394 e. The molecule has 0 radical (unpaired) electrons. The Labute approximate surface area is 304 Å². The Kier molecular flexibility index (Phi) is 36.1. The molecule has 3 atom stereocenters. The van der Waals surface area contributed by atoms with Gasteiger partial charge in [0.25, 0.3) is 0 Å². The van der Waals surface area contributed by atoms with Crippen molar-refractivity contribution < 1.29 is 25.2 Å². The first-order valence-corrected chi connectivity index (χ1v) is 21.5. The number of hydrogen-bond acceptors (Lipinski definition) is 5. The summed E-state index contributed by atoms with van der Waals surface area (Å²) in [6, 6.07) is -1.01. The monoisotopic (exact) mass is 696 g/mol. The molecule has 5 N–H and O–H groups in total. The summed E-state index contributed by atoms with van der Waals surface area (Å²) in [4.78, 5) is 12.6. The van der Waals surface area contributed by atoms with Crippen molar-refractivity contribution in [3.8, 4) is 0 Å². The van der Waals surface area contributed by atoms with Crippen molar-refractivity contribution in [1.29, 1.82) is 0 Å². The summed E-state index contributed by atoms with van der Waals surface area (Å²) < 4.78 is 0. The molecular weight excluding hydrogens is 610 g/mol. The molecule has 0 saturated heterocycles. The van der Waals surface area contributed by atoms with Gasteiger partial charge in [-0.2, -0.15) is 0 Å². The summed E-state index contributed by atoms with van der Waals surface area (Å²) >= 11 is 0. The molecule has 292 valence electrons. The molecule has 0 aromatic rings. The van der Waals surface area contributed by atoms with E-state index in [1.165, 1.54) is 141 Å². The third-order valence-corrected chi connectivity index (χ3v) is 10.4. The number of amides is 1. The summed E-state index contributed by atoms with van der Waals surface area (Å²) in [5.74, 6) is -0.587. The minimum absolute atomic E-state index is 0.281. The van der Waals surface area contributed by atoms with Crippen molar-refractivity contribution in [2.24, 2.45) is 0 Å². The van der Waals surface area contributed by atoms with E-state index in [1.54, 1.807) is 0 Å². The van der Waals surface area contributed by atoms with Gasteiger partial charge in [-0.25, -0.2) is 0 Å². The zero-order chi connectivity index (χ0) is 36.1. The lowest BCUT2D eigenvalue weighted by molar-refractivity contribution is -0.135. The molecule has 0 heterocycles. The summed E-state index contributed by atoms with van der Waals surface area (Å²) in [7, 11) is 0. The van der Waals surface area contributed by atoms with E-state index >= 15 is 0 Å². The normalized spacial score (nSPS) is 14.3. The average Bonchev–Trinajstić information content (AvgIpc) is 3.11. The van der Waals surface area contributed by atoms with E-state index in [1.807, 2.05) is 0 Å². The molecular formula is C43H85NO5. The molecule has 0 aromatic heterocycles. The van der Waals surface area contributed by atoms with Gasteiger partial charge in [0.15, 0.2) is 0 Å². The van der Waals surface area contributed by atoms with E-state index in [-0.39, 0.29) is 6.42 Å². The van der Waals surface area contributed by atoms with Gasteiger partial charge in [0, 0.05) is 0 Å². The molecule has 1 amide bonds. The zero-order valence-corrected chi connectivity index (χ0v) is 32.8. The van der Waals surface area contributed by atoms with E-state index in [0.717, 1.165) is 51.4 Å². The predicted octanol–water partition coefficient (Wildman–Crippen LogP) is 11.0. The number of allylic oxidation sites excluding steroid dienone is 2. The molecule has 0 aliphatic heterocycles. The van der Waals surface area contributed by atoms with Crippen LogP contribution in [0.3, 0.4) is 0 Å². The highest BCUT2D eigenvalue weighted by Crippen LogP contribution is 2.21. The molecule has 0 bridgehead atoms. The van der Waals surface area contributed by atoms with Gasteiger partial charge in [0.05, 0.1) is 19.3 Å². The van der Waals surface area contributed by atoms with Crippen LogP contribution in [0.25, 0.3) is 0 Å². The molecule has 0 fully saturated rings. The van der Waals surface area contributed by atoms with Gasteiger partial charge in [0.2, 0.25) is 5.91 Å². The lowest BCUT2D eigenvalue weighted by atomic mass is 9.88. The van der Waals surface area contributed by atoms with Gasteiger partial charge in [-0.15, -0.1) is 0 Å². The van der Waals surface area contributed by atoms with Crippen molar-refractivity contribution in [1.82, 2.24) is 5.32 Å². The third kappa shape index (κ3) is 30.4. The fourth-order valence-corrected chi connectivity index (χ4v) is 6.86. The van der Waals surface area contributed by atoms with Crippen LogP contribution in [-0.4, -0.2) is 57.3 Å². The smallest absolute Gasteiger partial charge is 0.249 e. The maximum atomic E-state index is 12.6. The second-order valence-corrected chi connectivity index (χ2v) is 15.2. The van der Waals surface area contributed by atoms with Crippen LogP contribution in [0.15, 0.2) is 12.2 Å². The summed E-state index contributed by atoms with van der Waals surface area (Å²) in [5.41, 5.74) is -1.60. The van der Waals surface area contributed by atoms with Gasteiger partial charge in [-0.3, -0.25) is 4.79 Å². The number of nitrogens with one attached hydrogen (secondary N) is 1. The Balaban J connectivity index is 3.66. The van der Waals surface area contributed by atoms with Crippen LogP contribution >= 0.6 is 0 Å². The third-order valence-electron chi connectivity index (χ3n) is 10.4. The highest BCUT2D eigenvalue weighted by molar-refractivity contribution is 5.80. The number of aliphatic hydroxyl groups excluding tert-OH is 3. The van der Waals surface area contributed by atoms with E-state index < -0.39 is 36.9 Å². The van der Waals surface area contributed by atoms with Gasteiger partial charge in [-0.1, -0.05) is 206 Å². The number of unbranched alkanes of at least 4 members (excludes halogenated alkanes) is 28. The fourth-order valence-electron chi connectivity index (χ4n) is 6.86. The quantitative estimate of drug-likeness (QED) is 0.0325. The number of hydrogen-bond donors (Lipinski definition) is 5. The Morgan fingerprint density at radius 3 is 1.33 bits per heavy atom. The minimum atomic E-state index is -1.60. The molecule has 0 saturated carbocycles. The molecule has 6 heteroatoms. The lowest BCUT2D eigenvalue weighted by Gasteiger charge is -2.34. The first kappa shape index (κ1) is 48.0. The van der Waals surface area contributed by atoms with Crippen LogP contribution in [0.5, 0.6) is 0 Å². The van der Waals surface area contributed by atoms with Crippen molar-refractivity contribution in [3.63, 3.8) is 0 Å². The lowest BCUT2D eigenvalue weighted by Crippen LogP contribution is -2.58. The Bertz CT molecular complexity index is 716. The van der Waals surface area contributed by atoms with Gasteiger partial charge < -0.3 is 25.7 Å². The van der Waals surface area contributed by atoms with Gasteiger partial charge in [-0.05, 0) is 32.1 Å². The van der Waals surface area contributed by atoms with Gasteiger partial charge in [0.1, 0.15) is 11.7 Å². The maximum absolute atomic E-state index is 12.6. The molecule has 0 aromatic carbocycles. The molecule has 0 aliphatic rings. The average molecular weight is 696 g/mol. The highest BCUT2D eigenvalue weighted by Gasteiger charge is 2.37. The predicted molar refractivity (Wildman–Crippen MR) is 210 cm³/mol. The standard InChI is InChI=1S/C43H85NO5/c1-3-5-7-9-11-13-14-15-16-17-18-19-20-21-22-23-24-25-26-27-28-29-30-32-34-36-40(47)42(48)44-41(38-45)43(49,39-46)37-35-33-31-12-10-8-6-4-2/h8,10,40-41,45-47,49H,3-7,9,11-39H2,1-2H3,(H,44,48)/b10-8+/t40-,41-,43-/m0/s1. The second kappa shape index (κ2) is 36.8. The number of carbonyl (C=O) groups excluding carboxylic acids is 1. The zero-order valence-electron chi connectivity index (χ0n) is 32.8. The van der Waals surface area contributed by atoms with Crippen molar-refractivity contribution in [2.45, 2.75) is 243 Å². The molecule has 0 unspecified atom stereocenters. The molecule has 0 spiro atoms. The van der Waals surface area contributed by atoms with E-state index in [9.17, 15) is 25.2 Å². The minimum Gasteiger partial charge on any atom is -0.394 e. The summed E-state index contributed by atoms with van der Waals surface area (Å²) in [5, 5.41) is 43.6. The van der Waals surface area contributed by atoms with Crippen LogP contribution < -0.4 is 5.32 Å². The first-order valence-electron chi connectivity index (χ1n) is 21.5. The van der Waals surface area contributed by atoms with Crippen molar-refractivity contribution in [3.05, 3.63) is 12.2 Å². The van der Waals surface area contributed by atoms with E-state index in [4.69, 9.17) is 0 Å². The molecule has 0 aliphatic carbocycles. The van der Waals surface area contributed by atoms with Crippen molar-refractivity contribution in [2.75, 3.05) is 13.2 Å². The number of aliphatic hydroxyl groups is 4. The first-order chi connectivity index (χ1) is 23.9. The van der Waals surface area contributed by atoms with Gasteiger partial charge >= 0.3 is 0 Å². The summed E-state index contributed by atoms with van der Waals surface area (Å²) in [6.45, 7) is 3.40. The molecule has 0 rings (SSSR count). The highest BCUT2D eigenvalue weighted by atomic mass is 16.3. The maximum Gasteiger partial charge on any atom is 0.249 e. The van der Waals surface area contributed by atoms with Crippen LogP contribution in [0.1, 0.15) is 226 Å². The Morgan fingerprint density at radius 1 is 0.551 bits per heavy atom. The van der Waals surface area contributed by atoms with E-state index in [2.05, 4.69) is 31.3 Å². The van der Waals surface area contributed by atoms with Crippen LogP contribution in [0.4, 0.5) is 0 Å². The Morgan fingerprint density at radius 2 is 0.939 bits per heavy atom. The van der Waals surface area contributed by atoms with Crippen molar-refractivity contribution >= 4 is 5.91 Å². The molecule has 6 nitrogen and oxygen atoms in total. The van der Waals surface area contributed by atoms with Crippen LogP contribution in [0, 0.1) is 0 Å². The van der Waals surface area contributed by atoms with Crippen LogP contribution in [0.2, 0.25) is 0 Å².